The van der Waals surface area contributed by atoms with Gasteiger partial charge in [-0.05, 0) is 29.8 Å². The Kier molecular flexibility index (Phi) is 4.41. The summed E-state index contributed by atoms with van der Waals surface area (Å²) in [7, 11) is 0. The van der Waals surface area contributed by atoms with Crippen LogP contribution in [0.5, 0.6) is 0 Å². The van der Waals surface area contributed by atoms with Gasteiger partial charge in [-0.3, -0.25) is 10.1 Å². The van der Waals surface area contributed by atoms with Crippen molar-refractivity contribution in [3.8, 4) is 0 Å². The van der Waals surface area contributed by atoms with E-state index in [-0.39, 0.29) is 22.6 Å². The van der Waals surface area contributed by atoms with Gasteiger partial charge in [0, 0.05) is 24.0 Å². The van der Waals surface area contributed by atoms with E-state index in [1.165, 1.54) is 54.7 Å². The maximum Gasteiger partial charge on any atom is 0.421 e. The molecule has 0 saturated heterocycles. The van der Waals surface area contributed by atoms with Gasteiger partial charge in [-0.25, -0.2) is 0 Å². The van der Waals surface area contributed by atoms with Crippen molar-refractivity contribution in [3.63, 3.8) is 0 Å². The number of anilines is 1. The standard InChI is InChI=1S/C18H14F3N3O2/c19-18(20,21)17(16-7-4-12-22-16,13-5-2-1-3-6-13)23-14-8-10-15(11-9-14)24(25)26/h1-12,22-23H. The first-order valence-electron chi connectivity index (χ1n) is 7.63. The van der Waals surface area contributed by atoms with E-state index >= 15 is 0 Å². The second-order valence-electron chi connectivity index (χ2n) is 5.63. The summed E-state index contributed by atoms with van der Waals surface area (Å²) in [5, 5.41) is 13.3. The fourth-order valence-corrected chi connectivity index (χ4v) is 2.82. The normalized spacial score (nSPS) is 13.8. The molecule has 3 rings (SSSR count). The highest BCUT2D eigenvalue weighted by atomic mass is 19.4. The number of hydrogen-bond acceptors (Lipinski definition) is 3. The van der Waals surface area contributed by atoms with Crippen LogP contribution < -0.4 is 5.32 Å². The van der Waals surface area contributed by atoms with Gasteiger partial charge in [0.25, 0.3) is 5.69 Å². The number of nitro benzene ring substituents is 1. The van der Waals surface area contributed by atoms with Crippen LogP contribution in [0, 0.1) is 10.1 Å². The third-order valence-corrected chi connectivity index (χ3v) is 4.04. The van der Waals surface area contributed by atoms with Crippen molar-refractivity contribution in [1.29, 1.82) is 0 Å². The van der Waals surface area contributed by atoms with Crippen molar-refractivity contribution >= 4 is 11.4 Å². The van der Waals surface area contributed by atoms with Crippen LogP contribution in [0.1, 0.15) is 11.3 Å². The molecule has 1 unspecified atom stereocenters. The SMILES string of the molecule is O=[N+]([O-])c1ccc(NC(c2ccccc2)(c2ccc[nH]2)C(F)(F)F)cc1. The molecule has 0 radical (unpaired) electrons. The molecule has 0 aliphatic carbocycles. The number of non-ortho nitro benzene ring substituents is 1. The minimum atomic E-state index is -4.69. The van der Waals surface area contributed by atoms with Gasteiger partial charge in [-0.2, -0.15) is 13.2 Å². The molecule has 1 atom stereocenters. The van der Waals surface area contributed by atoms with Crippen LogP contribution in [0.4, 0.5) is 24.5 Å². The van der Waals surface area contributed by atoms with Crippen LogP contribution in [0.15, 0.2) is 72.9 Å². The minimum absolute atomic E-state index is 0.00620. The lowest BCUT2D eigenvalue weighted by Crippen LogP contribution is -2.50. The van der Waals surface area contributed by atoms with Crippen LogP contribution in [-0.2, 0) is 5.54 Å². The number of hydrogen-bond donors (Lipinski definition) is 2. The van der Waals surface area contributed by atoms with Crippen molar-refractivity contribution in [2.24, 2.45) is 0 Å². The van der Waals surface area contributed by atoms with Crippen molar-refractivity contribution in [1.82, 2.24) is 4.98 Å². The fraction of sp³-hybridized carbons (Fsp3) is 0.111. The minimum Gasteiger partial charge on any atom is -0.363 e. The van der Waals surface area contributed by atoms with E-state index < -0.39 is 16.6 Å². The molecule has 26 heavy (non-hydrogen) atoms. The van der Waals surface area contributed by atoms with Gasteiger partial charge in [0.05, 0.1) is 10.6 Å². The molecule has 0 aliphatic heterocycles. The molecule has 0 amide bonds. The molecule has 0 aliphatic rings. The van der Waals surface area contributed by atoms with Gasteiger partial charge >= 0.3 is 6.18 Å². The largest absolute Gasteiger partial charge is 0.421 e. The number of nitro groups is 1. The molecule has 1 heterocycles. The lowest BCUT2D eigenvalue weighted by molar-refractivity contribution is -0.384. The average molecular weight is 361 g/mol. The number of alkyl halides is 3. The number of aromatic nitrogens is 1. The van der Waals surface area contributed by atoms with Gasteiger partial charge in [0.1, 0.15) is 0 Å². The Bertz CT molecular complexity index is 878. The van der Waals surface area contributed by atoms with E-state index in [1.54, 1.807) is 6.07 Å². The number of benzene rings is 2. The van der Waals surface area contributed by atoms with E-state index in [0.717, 1.165) is 12.1 Å². The van der Waals surface area contributed by atoms with Gasteiger partial charge in [0.2, 0.25) is 0 Å². The number of H-pyrrole nitrogens is 1. The Balaban J connectivity index is 2.16. The van der Waals surface area contributed by atoms with Crippen LogP contribution in [0.3, 0.4) is 0 Å². The van der Waals surface area contributed by atoms with E-state index in [0.29, 0.717) is 0 Å². The fourth-order valence-electron chi connectivity index (χ4n) is 2.82. The number of aromatic amines is 1. The highest BCUT2D eigenvalue weighted by molar-refractivity contribution is 5.55. The summed E-state index contributed by atoms with van der Waals surface area (Å²) in [6.45, 7) is 0. The third kappa shape index (κ3) is 3.01. The first-order chi connectivity index (χ1) is 12.3. The summed E-state index contributed by atoms with van der Waals surface area (Å²) in [5.41, 5.74) is -2.73. The topological polar surface area (TPSA) is 71.0 Å². The van der Waals surface area contributed by atoms with Gasteiger partial charge < -0.3 is 10.3 Å². The first kappa shape index (κ1) is 17.5. The number of halogens is 3. The first-order valence-corrected chi connectivity index (χ1v) is 7.63. The molecule has 1 aromatic heterocycles. The zero-order chi connectivity index (χ0) is 18.8. The summed E-state index contributed by atoms with van der Waals surface area (Å²) < 4.78 is 43.0. The maximum atomic E-state index is 14.3. The van der Waals surface area contributed by atoms with Crippen LogP contribution >= 0.6 is 0 Å². The monoisotopic (exact) mass is 361 g/mol. The van der Waals surface area contributed by atoms with Crippen LogP contribution in [-0.4, -0.2) is 16.1 Å². The second kappa shape index (κ2) is 6.55. The Morgan fingerprint density at radius 2 is 1.58 bits per heavy atom. The molecular weight excluding hydrogens is 347 g/mol. The summed E-state index contributed by atoms with van der Waals surface area (Å²) in [6, 6.07) is 15.1. The molecule has 0 spiro atoms. The summed E-state index contributed by atoms with van der Waals surface area (Å²) >= 11 is 0. The second-order valence-corrected chi connectivity index (χ2v) is 5.63. The molecule has 5 nitrogen and oxygen atoms in total. The predicted molar refractivity (Wildman–Crippen MR) is 90.8 cm³/mol. The van der Waals surface area contributed by atoms with E-state index in [4.69, 9.17) is 0 Å². The molecule has 0 saturated carbocycles. The number of nitrogens with zero attached hydrogens (tertiary/aromatic N) is 1. The number of nitrogens with one attached hydrogen (secondary N) is 2. The molecule has 3 aromatic rings. The van der Waals surface area contributed by atoms with E-state index in [1.807, 2.05) is 0 Å². The summed E-state index contributed by atoms with van der Waals surface area (Å²) in [5.74, 6) is 0. The molecular formula is C18H14F3N3O2. The van der Waals surface area contributed by atoms with Crippen molar-refractivity contribution in [2.45, 2.75) is 11.7 Å². The predicted octanol–water partition coefficient (Wildman–Crippen LogP) is 4.84. The molecule has 2 N–H and O–H groups in total. The van der Waals surface area contributed by atoms with Crippen molar-refractivity contribution in [3.05, 3.63) is 94.3 Å². The molecule has 0 bridgehead atoms. The van der Waals surface area contributed by atoms with E-state index in [9.17, 15) is 23.3 Å². The quantitative estimate of drug-likeness (QED) is 0.504. The average Bonchev–Trinajstić information content (AvgIpc) is 3.14. The summed E-state index contributed by atoms with van der Waals surface area (Å²) in [6.07, 6.45) is -3.28. The maximum absolute atomic E-state index is 14.3. The molecule has 0 fully saturated rings. The lowest BCUT2D eigenvalue weighted by atomic mass is 9.85. The van der Waals surface area contributed by atoms with Crippen molar-refractivity contribution < 1.29 is 18.1 Å². The Morgan fingerprint density at radius 3 is 2.08 bits per heavy atom. The highest BCUT2D eigenvalue weighted by Gasteiger charge is 2.58. The zero-order valence-corrected chi connectivity index (χ0v) is 13.3. The Labute approximate surface area is 146 Å². The molecule has 134 valence electrons. The van der Waals surface area contributed by atoms with Crippen LogP contribution in [0.2, 0.25) is 0 Å². The van der Waals surface area contributed by atoms with Gasteiger partial charge in [0.15, 0.2) is 5.54 Å². The van der Waals surface area contributed by atoms with Gasteiger partial charge in [-0.15, -0.1) is 0 Å². The van der Waals surface area contributed by atoms with Crippen LogP contribution in [0.25, 0.3) is 0 Å². The Hall–Kier alpha value is -3.29. The third-order valence-electron chi connectivity index (χ3n) is 4.04. The van der Waals surface area contributed by atoms with Gasteiger partial charge in [-0.1, -0.05) is 30.3 Å². The smallest absolute Gasteiger partial charge is 0.363 e. The molecule has 2 aromatic carbocycles. The van der Waals surface area contributed by atoms with Crippen molar-refractivity contribution in [2.75, 3.05) is 5.32 Å². The summed E-state index contributed by atoms with van der Waals surface area (Å²) in [4.78, 5) is 12.8. The Morgan fingerprint density at radius 1 is 0.923 bits per heavy atom. The highest BCUT2D eigenvalue weighted by Crippen LogP contribution is 2.46. The van der Waals surface area contributed by atoms with E-state index in [2.05, 4.69) is 10.3 Å². The number of rotatable bonds is 5. The molecule has 8 heteroatoms. The zero-order valence-electron chi connectivity index (χ0n) is 13.3. The lowest BCUT2D eigenvalue weighted by Gasteiger charge is -2.37.